The minimum Gasteiger partial charge on any atom is -0.363 e. The number of benzene rings is 1. The van der Waals surface area contributed by atoms with Crippen molar-refractivity contribution in [3.05, 3.63) is 42.5 Å². The zero-order valence-electron chi connectivity index (χ0n) is 12.1. The zero-order chi connectivity index (χ0) is 13.8. The first-order chi connectivity index (χ1) is 8.41. The first-order valence-corrected chi connectivity index (χ1v) is 6.64. The number of hydrogen-bond acceptors (Lipinski definition) is 2. The quantitative estimate of drug-likeness (QED) is 0.799. The lowest BCUT2D eigenvalue weighted by atomic mass is 9.98. The summed E-state index contributed by atoms with van der Waals surface area (Å²) in [6.07, 6.45) is 2.89. The third-order valence-electron chi connectivity index (χ3n) is 3.19. The maximum Gasteiger partial charge on any atom is 0.0421 e. The predicted octanol–water partition coefficient (Wildman–Crippen LogP) is 3.89. The van der Waals surface area contributed by atoms with E-state index < -0.39 is 0 Å². The van der Waals surface area contributed by atoms with Crippen LogP contribution in [0.25, 0.3) is 0 Å². The van der Waals surface area contributed by atoms with Crippen LogP contribution in [0.1, 0.15) is 45.7 Å². The van der Waals surface area contributed by atoms with E-state index in [1.54, 1.807) is 0 Å². The molecule has 0 saturated carbocycles. The van der Waals surface area contributed by atoms with Crippen LogP contribution in [0.5, 0.6) is 0 Å². The molecule has 0 heterocycles. The van der Waals surface area contributed by atoms with Crippen molar-refractivity contribution in [3.63, 3.8) is 0 Å². The highest BCUT2D eigenvalue weighted by Crippen LogP contribution is 2.31. The van der Waals surface area contributed by atoms with E-state index in [4.69, 9.17) is 5.73 Å². The lowest BCUT2D eigenvalue weighted by Crippen LogP contribution is -2.42. The summed E-state index contributed by atoms with van der Waals surface area (Å²) in [6.45, 7) is 13.5. The maximum atomic E-state index is 6.22. The summed E-state index contributed by atoms with van der Waals surface area (Å²) in [7, 11) is 0. The van der Waals surface area contributed by atoms with Gasteiger partial charge in [0.1, 0.15) is 0 Å². The first-order valence-electron chi connectivity index (χ1n) is 6.64. The number of nitrogens with zero attached hydrogens (tertiary/aromatic N) is 1. The van der Waals surface area contributed by atoms with Crippen LogP contribution in [-0.4, -0.2) is 12.1 Å². The number of nitrogens with two attached hydrogens (primary N) is 1. The van der Waals surface area contributed by atoms with Gasteiger partial charge in [0, 0.05) is 23.8 Å². The molecule has 0 saturated heterocycles. The largest absolute Gasteiger partial charge is 0.363 e. The van der Waals surface area contributed by atoms with Gasteiger partial charge in [-0.1, -0.05) is 31.2 Å². The van der Waals surface area contributed by atoms with Crippen LogP contribution in [0.4, 0.5) is 5.69 Å². The second-order valence-corrected chi connectivity index (χ2v) is 5.64. The lowest BCUT2D eigenvalue weighted by molar-refractivity contribution is 0.518. The molecule has 1 atom stereocenters. The molecule has 1 unspecified atom stereocenters. The first kappa shape index (κ1) is 14.8. The van der Waals surface area contributed by atoms with E-state index in [0.29, 0.717) is 0 Å². The van der Waals surface area contributed by atoms with Crippen molar-refractivity contribution in [2.24, 2.45) is 5.73 Å². The van der Waals surface area contributed by atoms with Crippen LogP contribution in [0.15, 0.2) is 36.9 Å². The smallest absolute Gasteiger partial charge is 0.0421 e. The van der Waals surface area contributed by atoms with Gasteiger partial charge in [0.2, 0.25) is 0 Å². The fourth-order valence-electron chi connectivity index (χ4n) is 2.13. The van der Waals surface area contributed by atoms with Crippen molar-refractivity contribution in [3.8, 4) is 0 Å². The SMILES string of the molecule is C=CCN(c1ccccc1C(N)CC)C(C)(C)C. The summed E-state index contributed by atoms with van der Waals surface area (Å²) in [4.78, 5) is 2.35. The van der Waals surface area contributed by atoms with Gasteiger partial charge >= 0.3 is 0 Å². The highest BCUT2D eigenvalue weighted by Gasteiger charge is 2.23. The molecular weight excluding hydrogens is 220 g/mol. The molecule has 1 rings (SSSR count). The third kappa shape index (κ3) is 3.36. The average molecular weight is 246 g/mol. The molecule has 0 aliphatic heterocycles. The Morgan fingerprint density at radius 1 is 1.33 bits per heavy atom. The van der Waals surface area contributed by atoms with E-state index in [1.807, 2.05) is 6.08 Å². The van der Waals surface area contributed by atoms with Crippen LogP contribution in [0.3, 0.4) is 0 Å². The van der Waals surface area contributed by atoms with Crippen molar-refractivity contribution in [1.82, 2.24) is 0 Å². The molecule has 0 amide bonds. The Morgan fingerprint density at radius 2 is 1.94 bits per heavy atom. The van der Waals surface area contributed by atoms with Crippen LogP contribution in [0, 0.1) is 0 Å². The summed E-state index contributed by atoms with van der Waals surface area (Å²) < 4.78 is 0. The average Bonchev–Trinajstić information content (AvgIpc) is 2.33. The third-order valence-corrected chi connectivity index (χ3v) is 3.19. The van der Waals surface area contributed by atoms with E-state index in [9.17, 15) is 0 Å². The van der Waals surface area contributed by atoms with Gasteiger partial charge in [-0.3, -0.25) is 0 Å². The molecule has 100 valence electrons. The summed E-state index contributed by atoms with van der Waals surface area (Å²) in [5, 5.41) is 0. The topological polar surface area (TPSA) is 29.3 Å². The van der Waals surface area contributed by atoms with E-state index in [-0.39, 0.29) is 11.6 Å². The van der Waals surface area contributed by atoms with Crippen LogP contribution < -0.4 is 10.6 Å². The van der Waals surface area contributed by atoms with Crippen LogP contribution in [-0.2, 0) is 0 Å². The Hall–Kier alpha value is -1.28. The molecule has 2 nitrogen and oxygen atoms in total. The molecule has 1 aromatic rings. The van der Waals surface area contributed by atoms with Crippen molar-refractivity contribution in [2.45, 2.75) is 45.7 Å². The van der Waals surface area contributed by atoms with Gasteiger partial charge in [0.25, 0.3) is 0 Å². The fraction of sp³-hybridized carbons (Fsp3) is 0.500. The Labute approximate surface area is 111 Å². The van der Waals surface area contributed by atoms with Crippen molar-refractivity contribution < 1.29 is 0 Å². The molecule has 0 bridgehead atoms. The minimum atomic E-state index is 0.0533. The minimum absolute atomic E-state index is 0.0533. The molecule has 1 aromatic carbocycles. The second kappa shape index (κ2) is 6.05. The molecule has 0 aliphatic carbocycles. The Morgan fingerprint density at radius 3 is 2.44 bits per heavy atom. The number of rotatable bonds is 5. The fourth-order valence-corrected chi connectivity index (χ4v) is 2.13. The van der Waals surface area contributed by atoms with Crippen molar-refractivity contribution in [2.75, 3.05) is 11.4 Å². The number of anilines is 1. The van der Waals surface area contributed by atoms with E-state index in [0.717, 1.165) is 13.0 Å². The van der Waals surface area contributed by atoms with Gasteiger partial charge in [0.05, 0.1) is 0 Å². The van der Waals surface area contributed by atoms with Crippen LogP contribution >= 0.6 is 0 Å². The molecule has 0 fully saturated rings. The van der Waals surface area contributed by atoms with E-state index in [2.05, 4.69) is 63.4 Å². The lowest BCUT2D eigenvalue weighted by Gasteiger charge is -2.39. The summed E-state index contributed by atoms with van der Waals surface area (Å²) in [6, 6.07) is 8.51. The summed E-state index contributed by atoms with van der Waals surface area (Å²) >= 11 is 0. The van der Waals surface area contributed by atoms with Crippen molar-refractivity contribution >= 4 is 5.69 Å². The van der Waals surface area contributed by atoms with Gasteiger partial charge in [-0.15, -0.1) is 6.58 Å². The van der Waals surface area contributed by atoms with Gasteiger partial charge < -0.3 is 10.6 Å². The Balaban J connectivity index is 3.23. The molecule has 0 aromatic heterocycles. The van der Waals surface area contributed by atoms with Gasteiger partial charge in [-0.2, -0.15) is 0 Å². The number of para-hydroxylation sites is 1. The molecule has 2 N–H and O–H groups in total. The van der Waals surface area contributed by atoms with E-state index in [1.165, 1.54) is 11.3 Å². The summed E-state index contributed by atoms with van der Waals surface area (Å²) in [5.41, 5.74) is 8.71. The standard InChI is InChI=1S/C16H26N2/c1-6-12-18(16(3,4)5)15-11-9-8-10-13(15)14(17)7-2/h6,8-11,14H,1,7,12,17H2,2-5H3. The zero-order valence-corrected chi connectivity index (χ0v) is 12.1. The normalized spacial score (nSPS) is 13.2. The van der Waals surface area contributed by atoms with Crippen molar-refractivity contribution in [1.29, 1.82) is 0 Å². The molecule has 0 aliphatic rings. The van der Waals surface area contributed by atoms with Gasteiger partial charge in [-0.25, -0.2) is 0 Å². The second-order valence-electron chi connectivity index (χ2n) is 5.64. The van der Waals surface area contributed by atoms with Crippen LogP contribution in [0.2, 0.25) is 0 Å². The predicted molar refractivity (Wildman–Crippen MR) is 81.0 cm³/mol. The Bertz CT molecular complexity index is 390. The van der Waals surface area contributed by atoms with Gasteiger partial charge in [0.15, 0.2) is 0 Å². The highest BCUT2D eigenvalue weighted by atomic mass is 15.2. The molecular formula is C16H26N2. The summed E-state index contributed by atoms with van der Waals surface area (Å²) in [5.74, 6) is 0. The van der Waals surface area contributed by atoms with Gasteiger partial charge in [-0.05, 0) is 38.8 Å². The highest BCUT2D eigenvalue weighted by molar-refractivity contribution is 5.57. The molecule has 0 radical (unpaired) electrons. The number of hydrogen-bond donors (Lipinski definition) is 1. The van der Waals surface area contributed by atoms with E-state index >= 15 is 0 Å². The monoisotopic (exact) mass is 246 g/mol. The molecule has 2 heteroatoms. The molecule has 18 heavy (non-hydrogen) atoms. The Kier molecular flexibility index (Phi) is 4.97. The maximum absolute atomic E-state index is 6.22. The molecule has 0 spiro atoms.